The Morgan fingerprint density at radius 3 is 2.44 bits per heavy atom. The molecule has 1 saturated heterocycles. The summed E-state index contributed by atoms with van der Waals surface area (Å²) in [6.07, 6.45) is 8.83. The van der Waals surface area contributed by atoms with Gasteiger partial charge in [0.25, 0.3) is 0 Å². The fourth-order valence-electron chi connectivity index (χ4n) is 4.39. The third-order valence-electron chi connectivity index (χ3n) is 5.97. The number of hydrogen-bond donors (Lipinski definition) is 2. The van der Waals surface area contributed by atoms with Gasteiger partial charge in [-0.25, -0.2) is 14.6 Å². The highest BCUT2D eigenvalue weighted by Crippen LogP contribution is 2.31. The number of hydrogen-bond acceptors (Lipinski definition) is 6. The highest BCUT2D eigenvalue weighted by atomic mass is 32.2. The molecule has 0 atom stereocenters. The predicted octanol–water partition coefficient (Wildman–Crippen LogP) is 4.02. The van der Waals surface area contributed by atoms with Crippen LogP contribution in [0, 0.1) is 0 Å². The van der Waals surface area contributed by atoms with Gasteiger partial charge in [-0.05, 0) is 25.7 Å². The smallest absolute Gasteiger partial charge is 0.324 e. The minimum absolute atomic E-state index is 0.0211. The van der Waals surface area contributed by atoms with E-state index in [0.717, 1.165) is 42.7 Å². The number of carbonyl (C=O) groups excluding carboxylic acids is 2. The Morgan fingerprint density at radius 2 is 1.81 bits per heavy atom. The van der Waals surface area contributed by atoms with Crippen LogP contribution in [0.25, 0.3) is 0 Å². The molecule has 2 fully saturated rings. The van der Waals surface area contributed by atoms with E-state index >= 15 is 0 Å². The number of carboxylic acid groups (broad SMARTS) is 1. The number of likely N-dealkylation sites (tertiary alicyclic amines) is 1. The van der Waals surface area contributed by atoms with Gasteiger partial charge in [0.05, 0.1) is 16.8 Å². The molecule has 1 saturated carbocycles. The lowest BCUT2D eigenvalue weighted by atomic mass is 9.91. The first-order valence-corrected chi connectivity index (χ1v) is 13.0. The lowest BCUT2D eigenvalue weighted by molar-refractivity contribution is -0.136. The van der Waals surface area contributed by atoms with Crippen LogP contribution in [0.5, 0.6) is 0 Å². The summed E-state index contributed by atoms with van der Waals surface area (Å²) in [6.45, 7) is 1.31. The number of aliphatic carboxylic acids is 1. The molecule has 0 spiro atoms. The van der Waals surface area contributed by atoms with Gasteiger partial charge in [-0.1, -0.05) is 30.6 Å². The Morgan fingerprint density at radius 1 is 1.16 bits per heavy atom. The molecule has 0 unspecified atom stereocenters. The van der Waals surface area contributed by atoms with Gasteiger partial charge < -0.3 is 19.8 Å². The highest BCUT2D eigenvalue weighted by Gasteiger charge is 2.35. The summed E-state index contributed by atoms with van der Waals surface area (Å²) in [4.78, 5) is 46.1. The first-order valence-electron chi connectivity index (χ1n) is 11.2. The van der Waals surface area contributed by atoms with Gasteiger partial charge in [0.15, 0.2) is 5.13 Å². The van der Waals surface area contributed by atoms with Crippen LogP contribution in [0.15, 0.2) is 10.4 Å². The van der Waals surface area contributed by atoms with Crippen LogP contribution in [0.1, 0.15) is 51.4 Å². The molecule has 178 valence electrons. The van der Waals surface area contributed by atoms with Crippen molar-refractivity contribution >= 4 is 46.3 Å². The summed E-state index contributed by atoms with van der Waals surface area (Å²) in [6, 6.07) is 0.224. The maximum atomic E-state index is 13.4. The summed E-state index contributed by atoms with van der Waals surface area (Å²) in [5.74, 6) is -0.347. The fourth-order valence-corrected chi connectivity index (χ4v) is 6.25. The predicted molar refractivity (Wildman–Crippen MR) is 126 cm³/mol. The topological polar surface area (TPSA) is 106 Å². The number of urea groups is 2. The molecule has 2 N–H and O–H groups in total. The van der Waals surface area contributed by atoms with Gasteiger partial charge in [-0.2, -0.15) is 0 Å². The number of carboxylic acids is 1. The molecule has 11 heteroatoms. The number of anilines is 1. The Labute approximate surface area is 197 Å². The van der Waals surface area contributed by atoms with Crippen molar-refractivity contribution in [3.8, 4) is 0 Å². The first-order chi connectivity index (χ1) is 15.3. The zero-order valence-electron chi connectivity index (χ0n) is 18.8. The lowest BCUT2D eigenvalue weighted by Gasteiger charge is -2.43. The van der Waals surface area contributed by atoms with Crippen LogP contribution in [-0.4, -0.2) is 87.8 Å². The molecule has 9 nitrogen and oxygen atoms in total. The van der Waals surface area contributed by atoms with E-state index in [1.165, 1.54) is 29.5 Å². The van der Waals surface area contributed by atoms with Crippen LogP contribution < -0.4 is 5.32 Å². The Balaban J connectivity index is 1.63. The average Bonchev–Trinajstić information content (AvgIpc) is 3.21. The van der Waals surface area contributed by atoms with Gasteiger partial charge in [0.1, 0.15) is 0 Å². The maximum absolute atomic E-state index is 13.4. The number of nitrogens with zero attached hydrogens (tertiary/aromatic N) is 4. The molecule has 4 amide bonds. The van der Waals surface area contributed by atoms with E-state index in [1.807, 2.05) is 9.80 Å². The van der Waals surface area contributed by atoms with Gasteiger partial charge in [0, 0.05) is 45.0 Å². The van der Waals surface area contributed by atoms with Crippen molar-refractivity contribution in [2.24, 2.45) is 0 Å². The maximum Gasteiger partial charge on any atom is 0.324 e. The van der Waals surface area contributed by atoms with Crippen LogP contribution >= 0.6 is 23.1 Å². The second-order valence-electron chi connectivity index (χ2n) is 8.50. The SMILES string of the molecule is CN(C)C(=O)N1CCC(N(C(=O)Nc2ncc(SCCC(=O)O)s2)C2CCCCC2)CC1. The highest BCUT2D eigenvalue weighted by molar-refractivity contribution is 8.01. The molecular weight excluding hydrogens is 450 g/mol. The summed E-state index contributed by atoms with van der Waals surface area (Å²) >= 11 is 2.81. The van der Waals surface area contributed by atoms with E-state index in [9.17, 15) is 14.4 Å². The van der Waals surface area contributed by atoms with Crippen LogP contribution in [0.4, 0.5) is 14.7 Å². The molecule has 0 bridgehead atoms. The van der Waals surface area contributed by atoms with E-state index in [4.69, 9.17) is 5.11 Å². The van der Waals surface area contributed by atoms with Crippen molar-refractivity contribution in [1.29, 1.82) is 0 Å². The summed E-state index contributed by atoms with van der Waals surface area (Å²) in [5, 5.41) is 12.3. The van der Waals surface area contributed by atoms with Crippen molar-refractivity contribution in [1.82, 2.24) is 19.7 Å². The van der Waals surface area contributed by atoms with E-state index in [-0.39, 0.29) is 30.6 Å². The van der Waals surface area contributed by atoms with E-state index in [1.54, 1.807) is 25.2 Å². The summed E-state index contributed by atoms with van der Waals surface area (Å²) in [7, 11) is 3.52. The molecule has 2 heterocycles. The van der Waals surface area contributed by atoms with Crippen molar-refractivity contribution in [2.75, 3.05) is 38.3 Å². The Bertz CT molecular complexity index is 789. The third kappa shape index (κ3) is 6.74. The molecule has 1 aliphatic carbocycles. The van der Waals surface area contributed by atoms with Gasteiger partial charge in [-0.3, -0.25) is 10.1 Å². The van der Waals surface area contributed by atoms with Crippen LogP contribution in [-0.2, 0) is 4.79 Å². The number of thiazole rings is 1. The molecule has 1 aromatic rings. The van der Waals surface area contributed by atoms with E-state index in [2.05, 4.69) is 10.3 Å². The van der Waals surface area contributed by atoms with Crippen molar-refractivity contribution in [3.05, 3.63) is 6.20 Å². The largest absolute Gasteiger partial charge is 0.481 e. The number of thioether (sulfide) groups is 1. The van der Waals surface area contributed by atoms with E-state index in [0.29, 0.717) is 24.0 Å². The zero-order chi connectivity index (χ0) is 23.1. The minimum atomic E-state index is -0.822. The molecule has 1 aliphatic heterocycles. The van der Waals surface area contributed by atoms with Crippen molar-refractivity contribution in [3.63, 3.8) is 0 Å². The second-order valence-corrected chi connectivity index (χ2v) is 10.9. The third-order valence-corrected chi connectivity index (χ3v) is 8.08. The Kier molecular flexibility index (Phi) is 9.03. The Hall–Kier alpha value is -2.01. The van der Waals surface area contributed by atoms with Gasteiger partial charge in [0.2, 0.25) is 0 Å². The molecule has 32 heavy (non-hydrogen) atoms. The number of rotatable bonds is 7. The standard InChI is InChI=1S/C21H33N5O4S2/c1-24(2)21(30)25-11-8-16(9-12-25)26(15-6-4-3-5-7-15)20(29)23-19-22-14-18(32-19)31-13-10-17(27)28/h14-16H,3-13H2,1-2H3,(H,27,28)(H,22,23,29). The molecule has 0 aromatic carbocycles. The average molecular weight is 484 g/mol. The van der Waals surface area contributed by atoms with E-state index < -0.39 is 5.97 Å². The molecule has 3 rings (SSSR count). The normalized spacial score (nSPS) is 17.8. The van der Waals surface area contributed by atoms with Crippen molar-refractivity contribution < 1.29 is 19.5 Å². The monoisotopic (exact) mass is 483 g/mol. The zero-order valence-corrected chi connectivity index (χ0v) is 20.4. The number of amides is 4. The van der Waals surface area contributed by atoms with Crippen LogP contribution in [0.2, 0.25) is 0 Å². The molecule has 2 aliphatic rings. The number of carbonyl (C=O) groups is 3. The van der Waals surface area contributed by atoms with Gasteiger partial charge in [-0.15, -0.1) is 11.8 Å². The minimum Gasteiger partial charge on any atom is -0.481 e. The molecule has 1 aromatic heterocycles. The van der Waals surface area contributed by atoms with Crippen molar-refractivity contribution in [2.45, 2.75) is 67.7 Å². The first kappa shape index (κ1) is 24.6. The second kappa shape index (κ2) is 11.7. The number of aromatic nitrogens is 1. The van der Waals surface area contributed by atoms with Gasteiger partial charge >= 0.3 is 18.0 Å². The summed E-state index contributed by atoms with van der Waals surface area (Å²) in [5.41, 5.74) is 0. The number of nitrogens with one attached hydrogen (secondary N) is 1. The molecule has 0 radical (unpaired) electrons. The molecular formula is C21H33N5O4S2. The fraction of sp³-hybridized carbons (Fsp3) is 0.714. The van der Waals surface area contributed by atoms with Crippen LogP contribution in [0.3, 0.4) is 0 Å². The number of piperidine rings is 1. The lowest BCUT2D eigenvalue weighted by Crippen LogP contribution is -2.55. The summed E-state index contributed by atoms with van der Waals surface area (Å²) < 4.78 is 0.890. The quantitative estimate of drug-likeness (QED) is 0.568.